The minimum atomic E-state index is 0. The van der Waals surface area contributed by atoms with E-state index < -0.39 is 0 Å². The van der Waals surface area contributed by atoms with Gasteiger partial charge in [0.1, 0.15) is 0 Å². The monoisotopic (exact) mass is 397 g/mol. The molecule has 1 aromatic heterocycles. The van der Waals surface area contributed by atoms with E-state index in [4.69, 9.17) is 0 Å². The molecule has 0 unspecified atom stereocenters. The number of para-hydroxylation sites is 1. The Kier molecular flexibility index (Phi) is 6.04. The Bertz CT molecular complexity index is 579. The second kappa shape index (κ2) is 8.02. The molecule has 1 aromatic carbocycles. The maximum absolute atomic E-state index is 4.58. The molecule has 0 spiro atoms. The van der Waals surface area contributed by atoms with Crippen LogP contribution in [0.4, 0.5) is 0 Å². The van der Waals surface area contributed by atoms with Crippen molar-refractivity contribution in [1.29, 1.82) is 0 Å². The van der Waals surface area contributed by atoms with Gasteiger partial charge in [-0.3, -0.25) is 4.99 Å². The van der Waals surface area contributed by atoms with E-state index in [2.05, 4.69) is 38.9 Å². The van der Waals surface area contributed by atoms with E-state index in [-0.39, 0.29) is 24.0 Å². The summed E-state index contributed by atoms with van der Waals surface area (Å²) in [5, 5.41) is 11.1. The lowest BCUT2D eigenvalue weighted by Crippen LogP contribution is -2.41. The van der Waals surface area contributed by atoms with E-state index in [1.54, 1.807) is 0 Å². The number of benzene rings is 1. The normalized spacial score (nSPS) is 13.8. The SMILES string of the molecule is I.c1ccc(-n2ccc(CCNC3=NCCCN3)n2)cc1. The molecule has 2 N–H and O–H groups in total. The Morgan fingerprint density at radius 1 is 1.19 bits per heavy atom. The van der Waals surface area contributed by atoms with Gasteiger partial charge < -0.3 is 10.6 Å². The van der Waals surface area contributed by atoms with E-state index in [0.29, 0.717) is 0 Å². The van der Waals surface area contributed by atoms with Crippen molar-refractivity contribution in [2.75, 3.05) is 19.6 Å². The number of guanidine groups is 1. The van der Waals surface area contributed by atoms with Gasteiger partial charge in [0.05, 0.1) is 11.4 Å². The largest absolute Gasteiger partial charge is 0.356 e. The zero-order chi connectivity index (χ0) is 13.6. The van der Waals surface area contributed by atoms with Gasteiger partial charge in [-0.15, -0.1) is 24.0 Å². The third-order valence-electron chi connectivity index (χ3n) is 3.24. The van der Waals surface area contributed by atoms with Crippen LogP contribution < -0.4 is 10.6 Å². The highest BCUT2D eigenvalue weighted by atomic mass is 127. The third-order valence-corrected chi connectivity index (χ3v) is 3.24. The smallest absolute Gasteiger partial charge is 0.191 e. The molecule has 0 radical (unpaired) electrons. The molecule has 0 aliphatic carbocycles. The molecule has 1 aliphatic rings. The zero-order valence-electron chi connectivity index (χ0n) is 11.8. The van der Waals surface area contributed by atoms with E-state index in [1.807, 2.05) is 29.1 Å². The molecule has 0 amide bonds. The topological polar surface area (TPSA) is 54.2 Å². The van der Waals surface area contributed by atoms with Crippen molar-refractivity contribution in [3.8, 4) is 5.69 Å². The van der Waals surface area contributed by atoms with Gasteiger partial charge in [-0.25, -0.2) is 4.68 Å². The summed E-state index contributed by atoms with van der Waals surface area (Å²) in [5.41, 5.74) is 2.17. The van der Waals surface area contributed by atoms with Crippen molar-refractivity contribution in [1.82, 2.24) is 20.4 Å². The first-order valence-electron chi connectivity index (χ1n) is 7.04. The molecule has 112 valence electrons. The van der Waals surface area contributed by atoms with E-state index in [1.165, 1.54) is 0 Å². The average Bonchev–Trinajstić information content (AvgIpc) is 2.98. The van der Waals surface area contributed by atoms with E-state index in [9.17, 15) is 0 Å². The van der Waals surface area contributed by atoms with Crippen LogP contribution in [0.5, 0.6) is 0 Å². The first-order chi connectivity index (χ1) is 9.92. The predicted molar refractivity (Wildman–Crippen MR) is 95.6 cm³/mol. The lowest BCUT2D eigenvalue weighted by molar-refractivity contribution is 0.696. The summed E-state index contributed by atoms with van der Waals surface area (Å²) in [6.45, 7) is 2.77. The highest BCUT2D eigenvalue weighted by Gasteiger charge is 2.04. The van der Waals surface area contributed by atoms with Crippen molar-refractivity contribution in [3.63, 3.8) is 0 Å². The Morgan fingerprint density at radius 3 is 2.81 bits per heavy atom. The van der Waals surface area contributed by atoms with Crippen molar-refractivity contribution in [2.24, 2.45) is 4.99 Å². The number of hydrogen-bond donors (Lipinski definition) is 2. The Morgan fingerprint density at radius 2 is 2.05 bits per heavy atom. The van der Waals surface area contributed by atoms with Crippen LogP contribution in [0.25, 0.3) is 5.69 Å². The number of halogens is 1. The molecule has 1 aliphatic heterocycles. The van der Waals surface area contributed by atoms with Gasteiger partial charge in [-0.05, 0) is 24.6 Å². The van der Waals surface area contributed by atoms with E-state index >= 15 is 0 Å². The summed E-state index contributed by atoms with van der Waals surface area (Å²) in [5.74, 6) is 0.916. The number of hydrogen-bond acceptors (Lipinski definition) is 4. The number of rotatable bonds is 4. The van der Waals surface area contributed by atoms with Crippen LogP contribution in [-0.2, 0) is 6.42 Å². The first-order valence-corrected chi connectivity index (χ1v) is 7.04. The van der Waals surface area contributed by atoms with Gasteiger partial charge >= 0.3 is 0 Å². The number of nitrogens with zero attached hydrogens (tertiary/aromatic N) is 3. The van der Waals surface area contributed by atoms with Gasteiger partial charge in [0.2, 0.25) is 0 Å². The molecule has 0 bridgehead atoms. The van der Waals surface area contributed by atoms with Crippen molar-refractivity contribution >= 4 is 29.9 Å². The fourth-order valence-corrected chi connectivity index (χ4v) is 2.18. The first kappa shape index (κ1) is 15.8. The fourth-order valence-electron chi connectivity index (χ4n) is 2.18. The minimum Gasteiger partial charge on any atom is -0.356 e. The van der Waals surface area contributed by atoms with Crippen molar-refractivity contribution < 1.29 is 0 Å². The Hall–Kier alpha value is -1.57. The molecule has 5 nitrogen and oxygen atoms in total. The van der Waals surface area contributed by atoms with Crippen LogP contribution in [0.3, 0.4) is 0 Å². The van der Waals surface area contributed by atoms with Gasteiger partial charge in [0.15, 0.2) is 5.96 Å². The maximum atomic E-state index is 4.58. The van der Waals surface area contributed by atoms with E-state index in [0.717, 1.165) is 49.8 Å². The summed E-state index contributed by atoms with van der Waals surface area (Å²) >= 11 is 0. The molecule has 0 fully saturated rings. The summed E-state index contributed by atoms with van der Waals surface area (Å²) in [6.07, 6.45) is 4.01. The van der Waals surface area contributed by atoms with Gasteiger partial charge in [0, 0.05) is 32.3 Å². The second-order valence-corrected chi connectivity index (χ2v) is 4.77. The predicted octanol–water partition coefficient (Wildman–Crippen LogP) is 1.97. The fraction of sp³-hybridized carbons (Fsp3) is 0.333. The molecule has 6 heteroatoms. The lowest BCUT2D eigenvalue weighted by atomic mass is 10.3. The van der Waals surface area contributed by atoms with Crippen LogP contribution >= 0.6 is 24.0 Å². The van der Waals surface area contributed by atoms with Crippen LogP contribution in [-0.4, -0.2) is 35.4 Å². The molecular weight excluding hydrogens is 377 g/mol. The van der Waals surface area contributed by atoms with Crippen LogP contribution in [0.1, 0.15) is 12.1 Å². The molecular formula is C15H20IN5. The Balaban J connectivity index is 0.00000161. The molecule has 0 saturated carbocycles. The van der Waals surface area contributed by atoms with Crippen molar-refractivity contribution in [3.05, 3.63) is 48.3 Å². The standard InChI is InChI=1S/C15H19N5.HI/c1-2-5-14(6-3-1)20-12-8-13(19-20)7-11-18-15-16-9-4-10-17-15;/h1-3,5-6,8,12H,4,7,9-11H2,(H2,16,17,18);1H. The van der Waals surface area contributed by atoms with Crippen LogP contribution in [0.15, 0.2) is 47.6 Å². The highest BCUT2D eigenvalue weighted by Crippen LogP contribution is 2.06. The molecule has 0 saturated heterocycles. The molecule has 0 atom stereocenters. The lowest BCUT2D eigenvalue weighted by Gasteiger charge is -2.15. The average molecular weight is 397 g/mol. The third kappa shape index (κ3) is 4.45. The summed E-state index contributed by atoms with van der Waals surface area (Å²) in [7, 11) is 0. The zero-order valence-corrected chi connectivity index (χ0v) is 14.2. The van der Waals surface area contributed by atoms with Crippen LogP contribution in [0, 0.1) is 0 Å². The maximum Gasteiger partial charge on any atom is 0.191 e. The van der Waals surface area contributed by atoms with Crippen molar-refractivity contribution in [2.45, 2.75) is 12.8 Å². The van der Waals surface area contributed by atoms with Gasteiger partial charge in [-0.2, -0.15) is 5.10 Å². The number of nitrogens with one attached hydrogen (secondary N) is 2. The minimum absolute atomic E-state index is 0. The number of aromatic nitrogens is 2. The second-order valence-electron chi connectivity index (χ2n) is 4.77. The molecule has 2 heterocycles. The Labute approximate surface area is 141 Å². The summed E-state index contributed by atoms with van der Waals surface area (Å²) < 4.78 is 1.91. The number of aliphatic imine (C=N–C) groups is 1. The quantitative estimate of drug-likeness (QED) is 0.776. The molecule has 21 heavy (non-hydrogen) atoms. The molecule has 3 rings (SSSR count). The van der Waals surface area contributed by atoms with Gasteiger partial charge in [-0.1, -0.05) is 18.2 Å². The van der Waals surface area contributed by atoms with Crippen LogP contribution in [0.2, 0.25) is 0 Å². The highest BCUT2D eigenvalue weighted by molar-refractivity contribution is 14.0. The summed E-state index contributed by atoms with van der Waals surface area (Å²) in [4.78, 5) is 4.38. The molecule has 2 aromatic rings. The van der Waals surface area contributed by atoms with Gasteiger partial charge in [0.25, 0.3) is 0 Å². The summed E-state index contributed by atoms with van der Waals surface area (Å²) in [6, 6.07) is 12.2.